The van der Waals surface area contributed by atoms with E-state index in [1.54, 1.807) is 30.5 Å². The number of nitrogens with one attached hydrogen (secondary N) is 1. The third-order valence-corrected chi connectivity index (χ3v) is 3.40. The Kier molecular flexibility index (Phi) is 6.92. The van der Waals surface area contributed by atoms with Gasteiger partial charge in [0.25, 0.3) is 5.91 Å². The van der Waals surface area contributed by atoms with E-state index in [9.17, 15) is 9.59 Å². The van der Waals surface area contributed by atoms with Gasteiger partial charge in [-0.1, -0.05) is 11.6 Å². The Labute approximate surface area is 154 Å². The van der Waals surface area contributed by atoms with E-state index < -0.39 is 11.9 Å². The first kappa shape index (κ1) is 19.2. The molecule has 2 aromatic rings. The minimum atomic E-state index is -0.549. The van der Waals surface area contributed by atoms with Gasteiger partial charge in [0.1, 0.15) is 0 Å². The van der Waals surface area contributed by atoms with E-state index >= 15 is 0 Å². The van der Waals surface area contributed by atoms with E-state index in [1.807, 2.05) is 0 Å². The predicted molar refractivity (Wildman–Crippen MR) is 94.8 cm³/mol. The fourth-order valence-corrected chi connectivity index (χ4v) is 2.15. The molecule has 0 saturated carbocycles. The van der Waals surface area contributed by atoms with Gasteiger partial charge in [0.15, 0.2) is 18.1 Å². The summed E-state index contributed by atoms with van der Waals surface area (Å²) in [7, 11) is 2.69. The number of ether oxygens (including phenoxy) is 3. The summed E-state index contributed by atoms with van der Waals surface area (Å²) in [5.74, 6) is -0.435. The number of hydrazone groups is 1. The Bertz CT molecular complexity index is 812. The average Bonchev–Trinajstić information content (AvgIpc) is 2.67. The van der Waals surface area contributed by atoms with Crippen molar-refractivity contribution in [2.45, 2.75) is 0 Å². The number of amides is 1. The molecule has 9 heteroatoms. The third-order valence-electron chi connectivity index (χ3n) is 3.12. The SMILES string of the molecule is COC(=O)COc1c(Cl)cc(/C=N/NC(=O)c2cccnc2)cc1OC. The number of hydrogen-bond acceptors (Lipinski definition) is 7. The van der Waals surface area contributed by atoms with Crippen LogP contribution in [0.5, 0.6) is 11.5 Å². The molecule has 0 aliphatic heterocycles. The Morgan fingerprint density at radius 3 is 2.81 bits per heavy atom. The first-order valence-corrected chi connectivity index (χ1v) is 7.73. The Morgan fingerprint density at radius 2 is 2.15 bits per heavy atom. The highest BCUT2D eigenvalue weighted by molar-refractivity contribution is 6.32. The summed E-state index contributed by atoms with van der Waals surface area (Å²) in [6.45, 7) is -0.304. The largest absolute Gasteiger partial charge is 0.493 e. The van der Waals surface area contributed by atoms with Crippen molar-refractivity contribution in [2.24, 2.45) is 5.10 Å². The fourth-order valence-electron chi connectivity index (χ4n) is 1.87. The van der Waals surface area contributed by atoms with Gasteiger partial charge in [0.2, 0.25) is 0 Å². The van der Waals surface area contributed by atoms with Gasteiger partial charge in [-0.3, -0.25) is 9.78 Å². The number of hydrogen-bond donors (Lipinski definition) is 1. The maximum absolute atomic E-state index is 11.9. The van der Waals surface area contributed by atoms with Crippen molar-refractivity contribution in [3.05, 3.63) is 52.8 Å². The van der Waals surface area contributed by atoms with Crippen LogP contribution in [-0.4, -0.2) is 43.9 Å². The van der Waals surface area contributed by atoms with Crippen LogP contribution in [-0.2, 0) is 9.53 Å². The molecule has 1 aromatic heterocycles. The number of benzene rings is 1. The van der Waals surface area contributed by atoms with Crippen LogP contribution in [0.25, 0.3) is 0 Å². The predicted octanol–water partition coefficient (Wildman–Crippen LogP) is 2.06. The standard InChI is InChI=1S/C17H16ClN3O5/c1-24-14-7-11(6-13(18)16(14)26-10-15(22)25-2)8-20-21-17(23)12-4-3-5-19-9-12/h3-9H,10H2,1-2H3,(H,21,23)/b20-8+. The second kappa shape index (κ2) is 9.38. The smallest absolute Gasteiger partial charge is 0.343 e. The number of rotatable bonds is 7. The number of carbonyl (C=O) groups is 2. The lowest BCUT2D eigenvalue weighted by Gasteiger charge is -2.12. The molecule has 136 valence electrons. The minimum Gasteiger partial charge on any atom is -0.493 e. The molecule has 1 N–H and O–H groups in total. The van der Waals surface area contributed by atoms with Crippen LogP contribution < -0.4 is 14.9 Å². The van der Waals surface area contributed by atoms with E-state index in [-0.39, 0.29) is 17.4 Å². The van der Waals surface area contributed by atoms with Crippen LogP contribution in [0.1, 0.15) is 15.9 Å². The van der Waals surface area contributed by atoms with E-state index in [2.05, 4.69) is 20.2 Å². The zero-order valence-corrected chi connectivity index (χ0v) is 14.8. The van der Waals surface area contributed by atoms with Gasteiger partial charge in [0, 0.05) is 12.4 Å². The molecule has 0 radical (unpaired) electrons. The van der Waals surface area contributed by atoms with Crippen molar-refractivity contribution in [3.8, 4) is 11.5 Å². The number of pyridine rings is 1. The lowest BCUT2D eigenvalue weighted by molar-refractivity contribution is -0.142. The molecule has 2 rings (SSSR count). The molecule has 0 unspecified atom stereocenters. The molecule has 1 aromatic carbocycles. The summed E-state index contributed by atoms with van der Waals surface area (Å²) in [5.41, 5.74) is 3.32. The number of nitrogens with zero attached hydrogens (tertiary/aromatic N) is 2. The Hall–Kier alpha value is -3.13. The highest BCUT2D eigenvalue weighted by atomic mass is 35.5. The minimum absolute atomic E-state index is 0.205. The van der Waals surface area contributed by atoms with Gasteiger partial charge >= 0.3 is 5.97 Å². The normalized spacial score (nSPS) is 10.4. The maximum Gasteiger partial charge on any atom is 0.343 e. The highest BCUT2D eigenvalue weighted by Crippen LogP contribution is 2.36. The zero-order valence-electron chi connectivity index (χ0n) is 14.1. The van der Waals surface area contributed by atoms with Crippen LogP contribution >= 0.6 is 11.6 Å². The quantitative estimate of drug-likeness (QED) is 0.450. The number of esters is 1. The Morgan fingerprint density at radius 1 is 1.35 bits per heavy atom. The summed E-state index contributed by atoms with van der Waals surface area (Å²) in [5, 5.41) is 4.09. The van der Waals surface area contributed by atoms with Crippen LogP contribution in [0, 0.1) is 0 Å². The summed E-state index contributed by atoms with van der Waals surface area (Å²) in [4.78, 5) is 26.9. The van der Waals surface area contributed by atoms with Gasteiger partial charge in [-0.15, -0.1) is 0 Å². The van der Waals surface area contributed by atoms with E-state index in [0.29, 0.717) is 16.9 Å². The van der Waals surface area contributed by atoms with Crippen molar-refractivity contribution < 1.29 is 23.8 Å². The number of halogens is 1. The van der Waals surface area contributed by atoms with E-state index in [0.717, 1.165) is 0 Å². The van der Waals surface area contributed by atoms with Crippen molar-refractivity contribution >= 4 is 29.7 Å². The first-order chi connectivity index (χ1) is 12.5. The van der Waals surface area contributed by atoms with Crippen LogP contribution in [0.4, 0.5) is 0 Å². The molecule has 0 atom stereocenters. The van der Waals surface area contributed by atoms with Crippen LogP contribution in [0.2, 0.25) is 5.02 Å². The van der Waals surface area contributed by atoms with Crippen molar-refractivity contribution in [1.29, 1.82) is 0 Å². The monoisotopic (exact) mass is 377 g/mol. The summed E-state index contributed by atoms with van der Waals surface area (Å²) in [6.07, 6.45) is 4.39. The lowest BCUT2D eigenvalue weighted by Crippen LogP contribution is -2.17. The zero-order chi connectivity index (χ0) is 18.9. The molecule has 0 aliphatic carbocycles. The third kappa shape index (κ3) is 5.18. The van der Waals surface area contributed by atoms with E-state index in [1.165, 1.54) is 26.6 Å². The molecule has 0 aliphatic rings. The molecular formula is C17H16ClN3O5. The highest BCUT2D eigenvalue weighted by Gasteiger charge is 2.13. The topological polar surface area (TPSA) is 99.1 Å². The molecule has 0 saturated heterocycles. The lowest BCUT2D eigenvalue weighted by atomic mass is 10.2. The van der Waals surface area contributed by atoms with Crippen LogP contribution in [0.3, 0.4) is 0 Å². The maximum atomic E-state index is 11.9. The Balaban J connectivity index is 2.09. The summed E-state index contributed by atoms with van der Waals surface area (Å²) >= 11 is 6.16. The van der Waals surface area contributed by atoms with E-state index in [4.69, 9.17) is 21.1 Å². The van der Waals surface area contributed by atoms with Crippen molar-refractivity contribution in [1.82, 2.24) is 10.4 Å². The fraction of sp³-hybridized carbons (Fsp3) is 0.176. The van der Waals surface area contributed by atoms with Crippen molar-refractivity contribution in [2.75, 3.05) is 20.8 Å². The summed E-state index contributed by atoms with van der Waals surface area (Å²) in [6, 6.07) is 6.41. The molecule has 0 fully saturated rings. The first-order valence-electron chi connectivity index (χ1n) is 7.35. The van der Waals surface area contributed by atoms with Gasteiger partial charge in [0.05, 0.1) is 31.0 Å². The molecule has 1 amide bonds. The molecule has 0 spiro atoms. The number of methoxy groups -OCH3 is 2. The van der Waals surface area contributed by atoms with Crippen LogP contribution in [0.15, 0.2) is 41.8 Å². The number of aromatic nitrogens is 1. The second-order valence-corrected chi connectivity index (χ2v) is 5.25. The van der Waals surface area contributed by atoms with Gasteiger partial charge in [-0.05, 0) is 29.8 Å². The summed E-state index contributed by atoms with van der Waals surface area (Å²) < 4.78 is 15.0. The molecule has 8 nitrogen and oxygen atoms in total. The number of carbonyl (C=O) groups excluding carboxylic acids is 2. The van der Waals surface area contributed by atoms with Gasteiger partial charge in [-0.2, -0.15) is 5.10 Å². The van der Waals surface area contributed by atoms with Gasteiger partial charge < -0.3 is 14.2 Å². The second-order valence-electron chi connectivity index (χ2n) is 4.84. The molecule has 1 heterocycles. The average molecular weight is 378 g/mol. The van der Waals surface area contributed by atoms with Crippen molar-refractivity contribution in [3.63, 3.8) is 0 Å². The molecule has 0 bridgehead atoms. The molecule has 26 heavy (non-hydrogen) atoms. The van der Waals surface area contributed by atoms with Gasteiger partial charge in [-0.25, -0.2) is 10.2 Å². The molecular weight excluding hydrogens is 362 g/mol.